The van der Waals surface area contributed by atoms with Gasteiger partial charge in [-0.25, -0.2) is 0 Å². The number of primary amides is 2. The summed E-state index contributed by atoms with van der Waals surface area (Å²) in [6, 6.07) is 4.06. The molecule has 7 heteroatoms. The Morgan fingerprint density at radius 3 is 1.86 bits per heavy atom. The molecule has 0 fully saturated rings. The Morgan fingerprint density at radius 1 is 1.05 bits per heavy atom. The maximum Gasteiger partial charge on any atom is 0.248 e. The van der Waals surface area contributed by atoms with Gasteiger partial charge in [0.1, 0.15) is 0 Å². The van der Waals surface area contributed by atoms with Crippen LogP contribution in [0.1, 0.15) is 34.6 Å². The lowest BCUT2D eigenvalue weighted by molar-refractivity contribution is -0.120. The molecule has 0 bridgehead atoms. The third-order valence-electron chi connectivity index (χ3n) is 3.17. The van der Waals surface area contributed by atoms with Gasteiger partial charge in [-0.1, -0.05) is 13.8 Å². The molecule has 0 aromatic heterocycles. The fraction of sp³-hybridized carbons (Fsp3) is 0.357. The molecule has 1 aromatic rings. The molecule has 0 spiro atoms. The van der Waals surface area contributed by atoms with Gasteiger partial charge in [0.05, 0.1) is 5.92 Å². The first-order valence-electron chi connectivity index (χ1n) is 6.51. The summed E-state index contributed by atoms with van der Waals surface area (Å²) in [5.74, 6) is -2.03. The van der Waals surface area contributed by atoms with Gasteiger partial charge in [0.25, 0.3) is 0 Å². The molecule has 0 aliphatic heterocycles. The van der Waals surface area contributed by atoms with Crippen molar-refractivity contribution in [2.24, 2.45) is 29.0 Å². The second-order valence-corrected chi connectivity index (χ2v) is 5.10. The lowest BCUT2D eigenvalue weighted by Crippen LogP contribution is -2.33. The first-order valence-corrected chi connectivity index (χ1v) is 6.51. The van der Waals surface area contributed by atoms with Crippen molar-refractivity contribution in [3.63, 3.8) is 0 Å². The van der Waals surface area contributed by atoms with Crippen molar-refractivity contribution < 1.29 is 14.4 Å². The van der Waals surface area contributed by atoms with Crippen LogP contribution in [-0.4, -0.2) is 24.3 Å². The molecule has 0 radical (unpaired) electrons. The Hall–Kier alpha value is -2.41. The van der Waals surface area contributed by atoms with E-state index in [4.69, 9.17) is 17.2 Å². The van der Waals surface area contributed by atoms with Crippen LogP contribution in [0.5, 0.6) is 0 Å². The van der Waals surface area contributed by atoms with E-state index in [9.17, 15) is 14.4 Å². The van der Waals surface area contributed by atoms with Crippen molar-refractivity contribution in [2.45, 2.75) is 13.8 Å². The van der Waals surface area contributed by atoms with Gasteiger partial charge in [-0.15, -0.1) is 0 Å². The third-order valence-corrected chi connectivity index (χ3v) is 3.17. The second kappa shape index (κ2) is 6.85. The fourth-order valence-corrected chi connectivity index (χ4v) is 1.90. The molecule has 7 nitrogen and oxygen atoms in total. The lowest BCUT2D eigenvalue weighted by atomic mass is 9.95. The van der Waals surface area contributed by atoms with Gasteiger partial charge in [-0.05, 0) is 24.1 Å². The average molecular weight is 292 g/mol. The molecule has 3 amide bonds. The molecular weight excluding hydrogens is 272 g/mol. The minimum atomic E-state index is -0.715. The van der Waals surface area contributed by atoms with Crippen molar-refractivity contribution in [3.8, 4) is 0 Å². The summed E-state index contributed by atoms with van der Waals surface area (Å²) >= 11 is 0. The summed E-state index contributed by atoms with van der Waals surface area (Å²) in [7, 11) is 0. The van der Waals surface area contributed by atoms with E-state index in [0.29, 0.717) is 0 Å². The van der Waals surface area contributed by atoms with E-state index in [0.717, 1.165) is 0 Å². The highest BCUT2D eigenvalue weighted by atomic mass is 16.2. The van der Waals surface area contributed by atoms with E-state index in [1.165, 1.54) is 18.2 Å². The number of nitrogens with two attached hydrogens (primary N) is 3. The van der Waals surface area contributed by atoms with Gasteiger partial charge in [0, 0.05) is 23.4 Å². The van der Waals surface area contributed by atoms with Crippen LogP contribution in [0.15, 0.2) is 18.2 Å². The van der Waals surface area contributed by atoms with Crippen molar-refractivity contribution >= 4 is 23.4 Å². The van der Waals surface area contributed by atoms with Crippen LogP contribution < -0.4 is 22.5 Å². The van der Waals surface area contributed by atoms with Crippen molar-refractivity contribution in [2.75, 3.05) is 11.9 Å². The van der Waals surface area contributed by atoms with Gasteiger partial charge in [-0.2, -0.15) is 0 Å². The molecule has 0 saturated carbocycles. The zero-order valence-electron chi connectivity index (χ0n) is 12.1. The predicted molar refractivity (Wildman–Crippen MR) is 79.5 cm³/mol. The van der Waals surface area contributed by atoms with Crippen LogP contribution in [0.3, 0.4) is 0 Å². The molecule has 0 heterocycles. The highest BCUT2D eigenvalue weighted by Gasteiger charge is 2.21. The molecule has 21 heavy (non-hydrogen) atoms. The monoisotopic (exact) mass is 292 g/mol. The molecular formula is C14H20N4O3. The number of amides is 3. The topological polar surface area (TPSA) is 141 Å². The van der Waals surface area contributed by atoms with Crippen molar-refractivity contribution in [1.82, 2.24) is 0 Å². The zero-order valence-corrected chi connectivity index (χ0v) is 12.1. The molecule has 114 valence electrons. The van der Waals surface area contributed by atoms with Crippen LogP contribution in [0.4, 0.5) is 5.69 Å². The number of anilines is 1. The number of hydrogen-bond acceptors (Lipinski definition) is 4. The first-order chi connectivity index (χ1) is 9.76. The molecule has 1 aromatic carbocycles. The quantitative estimate of drug-likeness (QED) is 0.587. The summed E-state index contributed by atoms with van der Waals surface area (Å²) in [5.41, 5.74) is 16.4. The fourth-order valence-electron chi connectivity index (χ4n) is 1.90. The van der Waals surface area contributed by atoms with Gasteiger partial charge >= 0.3 is 0 Å². The number of benzene rings is 1. The van der Waals surface area contributed by atoms with Gasteiger partial charge in [0.15, 0.2) is 0 Å². The number of nitrogens with one attached hydrogen (secondary N) is 1. The van der Waals surface area contributed by atoms with E-state index in [1.54, 1.807) is 0 Å². The first kappa shape index (κ1) is 16.6. The van der Waals surface area contributed by atoms with Crippen LogP contribution in [-0.2, 0) is 4.79 Å². The lowest BCUT2D eigenvalue weighted by Gasteiger charge is -2.18. The number of carbonyl (C=O) groups is 3. The molecule has 7 N–H and O–H groups in total. The average Bonchev–Trinajstić information content (AvgIpc) is 2.38. The third kappa shape index (κ3) is 4.28. The molecule has 1 atom stereocenters. The maximum atomic E-state index is 12.1. The van der Waals surface area contributed by atoms with Crippen LogP contribution >= 0.6 is 0 Å². The van der Waals surface area contributed by atoms with E-state index < -0.39 is 11.8 Å². The van der Waals surface area contributed by atoms with Crippen LogP contribution in [0.2, 0.25) is 0 Å². The van der Waals surface area contributed by atoms with Crippen LogP contribution in [0.25, 0.3) is 0 Å². The summed E-state index contributed by atoms with van der Waals surface area (Å²) < 4.78 is 0. The number of carbonyl (C=O) groups excluding carboxylic acids is 3. The molecule has 1 unspecified atom stereocenters. The van der Waals surface area contributed by atoms with E-state index in [-0.39, 0.29) is 41.1 Å². The predicted octanol–water partition coefficient (Wildman–Crippen LogP) is 0.0538. The van der Waals surface area contributed by atoms with Crippen molar-refractivity contribution in [3.05, 3.63) is 29.3 Å². The van der Waals surface area contributed by atoms with E-state index >= 15 is 0 Å². The minimum absolute atomic E-state index is 0.0601. The van der Waals surface area contributed by atoms with Crippen LogP contribution in [0, 0.1) is 11.8 Å². The van der Waals surface area contributed by atoms with E-state index in [2.05, 4.69) is 5.32 Å². The standard InChI is InChI=1S/C14H20N4O3/c1-7(2)11(6-15)14(21)18-10-4-8(12(16)19)3-9(5-10)13(17)20/h3-5,7,11H,6,15H2,1-2H3,(H2,16,19)(H2,17,20)(H,18,21). The molecule has 1 rings (SSSR count). The highest BCUT2D eigenvalue weighted by molar-refractivity contribution is 6.02. The Morgan fingerprint density at radius 2 is 1.52 bits per heavy atom. The molecule has 0 aliphatic carbocycles. The highest BCUT2D eigenvalue weighted by Crippen LogP contribution is 2.18. The number of hydrogen-bond donors (Lipinski definition) is 4. The Kier molecular flexibility index (Phi) is 5.43. The summed E-state index contributed by atoms with van der Waals surface area (Å²) in [4.78, 5) is 34.6. The summed E-state index contributed by atoms with van der Waals surface area (Å²) in [5, 5.41) is 2.63. The van der Waals surface area contributed by atoms with E-state index in [1.807, 2.05) is 13.8 Å². The minimum Gasteiger partial charge on any atom is -0.366 e. The van der Waals surface area contributed by atoms with Gasteiger partial charge < -0.3 is 22.5 Å². The zero-order chi connectivity index (χ0) is 16.2. The Labute approximate surface area is 122 Å². The Bertz CT molecular complexity index is 537. The largest absolute Gasteiger partial charge is 0.366 e. The smallest absolute Gasteiger partial charge is 0.248 e. The summed E-state index contributed by atoms with van der Waals surface area (Å²) in [6.07, 6.45) is 0. The van der Waals surface area contributed by atoms with Gasteiger partial charge in [-0.3, -0.25) is 14.4 Å². The maximum absolute atomic E-state index is 12.1. The SMILES string of the molecule is CC(C)C(CN)C(=O)Nc1cc(C(N)=O)cc(C(N)=O)c1. The summed E-state index contributed by atoms with van der Waals surface area (Å²) in [6.45, 7) is 3.96. The van der Waals surface area contributed by atoms with Gasteiger partial charge in [0.2, 0.25) is 17.7 Å². The van der Waals surface area contributed by atoms with Crippen molar-refractivity contribution in [1.29, 1.82) is 0 Å². The normalized spacial score (nSPS) is 12.0. The molecule has 0 aliphatic rings. The Balaban J connectivity index is 3.10. The second-order valence-electron chi connectivity index (χ2n) is 5.10. The number of rotatable bonds is 6. The molecule has 0 saturated heterocycles.